The van der Waals surface area contributed by atoms with Crippen LogP contribution in [0.2, 0.25) is 0 Å². The average Bonchev–Trinajstić information content (AvgIpc) is 2.56. The first-order valence-corrected chi connectivity index (χ1v) is 6.83. The van der Waals surface area contributed by atoms with Crippen molar-refractivity contribution < 1.29 is 97.3 Å². The minimum atomic E-state index is -8.56. The first kappa shape index (κ1) is 31.1. The van der Waals surface area contributed by atoms with Gasteiger partial charge in [-0.05, 0) is 0 Å². The monoisotopic (exact) mass is 546 g/mol. The van der Waals surface area contributed by atoms with Crippen LogP contribution in [0.25, 0.3) is 0 Å². The number of halogens is 20. The van der Waals surface area contributed by atoms with Crippen molar-refractivity contribution in [2.24, 2.45) is 0 Å². The summed E-state index contributed by atoms with van der Waals surface area (Å²) in [6.07, 6.45) is -15.0. The lowest BCUT2D eigenvalue weighted by atomic mass is 9.94. The number of rotatable bonds is 8. The first-order valence-electron chi connectivity index (χ1n) is 6.83. The van der Waals surface area contributed by atoms with Gasteiger partial charge >= 0.3 is 59.8 Å². The summed E-state index contributed by atoms with van der Waals surface area (Å²) in [6.45, 7) is -3.95. The third-order valence-corrected chi connectivity index (χ3v) is 3.39. The maximum Gasteiger partial charge on any atom is 0.460 e. The molecule has 198 valence electrons. The van der Waals surface area contributed by atoms with Crippen molar-refractivity contribution in [1.29, 1.82) is 0 Å². The zero-order valence-electron chi connectivity index (χ0n) is 14.1. The van der Waals surface area contributed by atoms with Gasteiger partial charge in [-0.3, -0.25) is 0 Å². The summed E-state index contributed by atoms with van der Waals surface area (Å²) in [5, 5.41) is 0. The molecule has 0 radical (unpaired) electrons. The molecule has 0 aliphatic carbocycles. The predicted molar refractivity (Wildman–Crippen MR) is 57.7 cm³/mol. The molecule has 0 heterocycles. The van der Waals surface area contributed by atoms with Gasteiger partial charge in [0.05, 0.1) is 0 Å². The van der Waals surface area contributed by atoms with Crippen molar-refractivity contribution in [3.8, 4) is 0 Å². The molecule has 0 bridgehead atoms. The maximum atomic E-state index is 13.2. The second-order valence-electron chi connectivity index (χ2n) is 5.72. The van der Waals surface area contributed by atoms with E-state index in [2.05, 4.69) is 4.74 Å². The van der Waals surface area contributed by atoms with Crippen molar-refractivity contribution in [3.63, 3.8) is 0 Å². The summed E-state index contributed by atoms with van der Waals surface area (Å²) in [5.41, 5.74) is 0. The zero-order chi connectivity index (χ0) is 27.5. The maximum absolute atomic E-state index is 13.2. The summed E-state index contributed by atoms with van der Waals surface area (Å²) in [6, 6.07) is 0. The quantitative estimate of drug-likeness (QED) is 0.272. The molecule has 22 heteroatoms. The second-order valence-corrected chi connectivity index (χ2v) is 5.72. The van der Waals surface area contributed by atoms with Crippen molar-refractivity contribution in [2.75, 3.05) is 6.61 Å². The van der Waals surface area contributed by atoms with E-state index < -0.39 is 66.4 Å². The largest absolute Gasteiger partial charge is 0.460 e. The topological polar surface area (TPSA) is 26.3 Å². The normalized spacial score (nSPS) is 16.1. The van der Waals surface area contributed by atoms with E-state index in [1.54, 1.807) is 0 Å². The number of alkyl halides is 20. The standard InChI is InChI=1S/C11H2F20O2/c12-3(13,5(16,17)10(26,27)28)1-33-2(32)4(14,15)6(18,19)7(20,21)8(22,23)9(24,25)11(29,30)31/h1H2. The molecular formula is C11H2F20O2. The van der Waals surface area contributed by atoms with E-state index in [1.807, 2.05) is 0 Å². The highest BCUT2D eigenvalue weighted by molar-refractivity contribution is 5.79. The Labute approximate surface area is 165 Å². The Bertz CT molecular complexity index is 727. The lowest BCUT2D eigenvalue weighted by molar-refractivity contribution is -0.437. The van der Waals surface area contributed by atoms with E-state index >= 15 is 0 Å². The van der Waals surface area contributed by atoms with Crippen molar-refractivity contribution in [2.45, 2.75) is 53.8 Å². The fraction of sp³-hybridized carbons (Fsp3) is 0.909. The molecule has 0 unspecified atom stereocenters. The van der Waals surface area contributed by atoms with Gasteiger partial charge in [-0.2, -0.15) is 87.8 Å². The van der Waals surface area contributed by atoms with Crippen molar-refractivity contribution in [1.82, 2.24) is 0 Å². The summed E-state index contributed by atoms with van der Waals surface area (Å²) >= 11 is 0. The number of hydrogen-bond acceptors (Lipinski definition) is 2. The van der Waals surface area contributed by atoms with E-state index in [1.165, 1.54) is 0 Å². The smallest absolute Gasteiger partial charge is 0.454 e. The van der Waals surface area contributed by atoms with Gasteiger partial charge in [0.2, 0.25) is 0 Å². The number of hydrogen-bond donors (Lipinski definition) is 0. The van der Waals surface area contributed by atoms with Crippen LogP contribution in [0.15, 0.2) is 0 Å². The fourth-order valence-electron chi connectivity index (χ4n) is 1.44. The summed E-state index contributed by atoms with van der Waals surface area (Å²) in [4.78, 5) is 10.7. The lowest BCUT2D eigenvalue weighted by Gasteiger charge is -2.39. The molecule has 0 atom stereocenters. The first-order chi connectivity index (χ1) is 13.9. The van der Waals surface area contributed by atoms with Gasteiger partial charge in [0.1, 0.15) is 0 Å². The third-order valence-electron chi connectivity index (χ3n) is 3.39. The number of ether oxygens (including phenoxy) is 1. The van der Waals surface area contributed by atoms with E-state index in [-0.39, 0.29) is 0 Å². The van der Waals surface area contributed by atoms with Gasteiger partial charge in [-0.15, -0.1) is 0 Å². The molecule has 0 aromatic carbocycles. The number of carbonyl (C=O) groups is 1. The van der Waals surface area contributed by atoms with Gasteiger partial charge in [0.15, 0.2) is 6.61 Å². The number of esters is 1. The Hall–Kier alpha value is -1.93. The molecule has 0 aromatic rings. The SMILES string of the molecule is O=C(OCC(F)(F)C(F)(F)C(F)(F)F)C(F)(F)C(F)(F)C(F)(F)C(F)(F)C(F)(F)C(F)(F)F. The Morgan fingerprint density at radius 3 is 1.06 bits per heavy atom. The molecule has 0 amide bonds. The van der Waals surface area contributed by atoms with E-state index in [0.29, 0.717) is 0 Å². The van der Waals surface area contributed by atoms with Crippen LogP contribution in [-0.4, -0.2) is 66.4 Å². The van der Waals surface area contributed by atoms with Gasteiger partial charge in [-0.25, -0.2) is 4.79 Å². The summed E-state index contributed by atoms with van der Waals surface area (Å²) < 4.78 is 253. The average molecular weight is 546 g/mol. The van der Waals surface area contributed by atoms with E-state index in [9.17, 15) is 92.6 Å². The van der Waals surface area contributed by atoms with Gasteiger partial charge in [0, 0.05) is 0 Å². The highest BCUT2D eigenvalue weighted by Gasteiger charge is 2.92. The molecule has 33 heavy (non-hydrogen) atoms. The minimum Gasteiger partial charge on any atom is -0.454 e. The Morgan fingerprint density at radius 2 is 0.758 bits per heavy atom. The molecule has 0 saturated carbocycles. The van der Waals surface area contributed by atoms with Crippen LogP contribution < -0.4 is 0 Å². The molecule has 0 aromatic heterocycles. The van der Waals surface area contributed by atoms with Gasteiger partial charge in [0.25, 0.3) is 0 Å². The summed E-state index contributed by atoms with van der Waals surface area (Å²) in [7, 11) is 0. The lowest BCUT2D eigenvalue weighted by Crippen LogP contribution is -2.71. The van der Waals surface area contributed by atoms with Crippen LogP contribution in [0.5, 0.6) is 0 Å². The zero-order valence-corrected chi connectivity index (χ0v) is 14.1. The highest BCUT2D eigenvalue weighted by Crippen LogP contribution is 2.60. The van der Waals surface area contributed by atoms with Crippen LogP contribution >= 0.6 is 0 Å². The molecule has 0 N–H and O–H groups in total. The molecule has 0 saturated heterocycles. The summed E-state index contributed by atoms with van der Waals surface area (Å²) in [5.74, 6) is -60.1. The second kappa shape index (κ2) is 7.80. The molecule has 0 fully saturated rings. The van der Waals surface area contributed by atoms with Crippen LogP contribution in [-0.2, 0) is 9.53 Å². The Kier molecular flexibility index (Phi) is 7.35. The van der Waals surface area contributed by atoms with Gasteiger partial charge < -0.3 is 4.74 Å². The van der Waals surface area contributed by atoms with Crippen LogP contribution in [0.3, 0.4) is 0 Å². The molecule has 0 aliphatic rings. The Morgan fingerprint density at radius 1 is 0.455 bits per heavy atom. The van der Waals surface area contributed by atoms with Crippen LogP contribution in [0, 0.1) is 0 Å². The number of carbonyl (C=O) groups excluding carboxylic acids is 1. The third kappa shape index (κ3) is 4.44. The van der Waals surface area contributed by atoms with Crippen LogP contribution in [0.1, 0.15) is 0 Å². The van der Waals surface area contributed by atoms with Crippen molar-refractivity contribution >= 4 is 5.97 Å². The van der Waals surface area contributed by atoms with Gasteiger partial charge in [-0.1, -0.05) is 0 Å². The van der Waals surface area contributed by atoms with Crippen molar-refractivity contribution in [3.05, 3.63) is 0 Å². The molecular weight excluding hydrogens is 544 g/mol. The molecule has 0 aliphatic heterocycles. The molecule has 0 spiro atoms. The Balaban J connectivity index is 6.17. The molecule has 2 nitrogen and oxygen atoms in total. The minimum absolute atomic E-state index is 2.21. The molecule has 0 rings (SSSR count). The fourth-order valence-corrected chi connectivity index (χ4v) is 1.44. The highest BCUT2D eigenvalue weighted by atomic mass is 19.4. The van der Waals surface area contributed by atoms with E-state index in [4.69, 9.17) is 0 Å². The predicted octanol–water partition coefficient (Wildman–Crippen LogP) is 6.10. The van der Waals surface area contributed by atoms with E-state index in [0.717, 1.165) is 0 Å². The van der Waals surface area contributed by atoms with Crippen LogP contribution in [0.4, 0.5) is 87.8 Å².